The summed E-state index contributed by atoms with van der Waals surface area (Å²) in [5.41, 5.74) is 15.1. The number of fused-ring (bicyclic) bond motifs is 1. The maximum atomic E-state index is 14.6. The van der Waals surface area contributed by atoms with Gasteiger partial charge in [0.25, 0.3) is 0 Å². The highest BCUT2D eigenvalue weighted by Gasteiger charge is 2.36. The highest BCUT2D eigenvalue weighted by atomic mass is 19.1. The zero-order chi connectivity index (χ0) is 21.9. The smallest absolute Gasteiger partial charge is 0.164 e. The van der Waals surface area contributed by atoms with Crippen LogP contribution in [0, 0.1) is 0 Å². The first kappa shape index (κ1) is 21.9. The first-order valence-electron chi connectivity index (χ1n) is 10.5. The highest BCUT2D eigenvalue weighted by molar-refractivity contribution is 5.97. The quantitative estimate of drug-likeness (QED) is 0.538. The van der Waals surface area contributed by atoms with Crippen LogP contribution >= 0.6 is 0 Å². The molecule has 6 N–H and O–H groups in total. The van der Waals surface area contributed by atoms with Crippen molar-refractivity contribution in [3.8, 4) is 0 Å². The number of allylic oxidation sites excluding steroid dienone is 5. The van der Waals surface area contributed by atoms with Crippen molar-refractivity contribution >= 4 is 5.84 Å². The zero-order valence-electron chi connectivity index (χ0n) is 18.1. The first-order chi connectivity index (χ1) is 14.2. The van der Waals surface area contributed by atoms with Gasteiger partial charge in [0.2, 0.25) is 0 Å². The molecule has 0 aromatic carbocycles. The molecule has 3 aliphatic rings. The summed E-state index contributed by atoms with van der Waals surface area (Å²) in [6.45, 7) is 11.5. The highest BCUT2D eigenvalue weighted by Crippen LogP contribution is 2.38. The summed E-state index contributed by atoms with van der Waals surface area (Å²) in [6, 6.07) is -0.126. The van der Waals surface area contributed by atoms with Gasteiger partial charge >= 0.3 is 0 Å². The van der Waals surface area contributed by atoms with Crippen LogP contribution in [0.1, 0.15) is 40.0 Å². The van der Waals surface area contributed by atoms with Gasteiger partial charge in [-0.1, -0.05) is 12.7 Å². The molecule has 30 heavy (non-hydrogen) atoms. The lowest BCUT2D eigenvalue weighted by Crippen LogP contribution is -2.40. The summed E-state index contributed by atoms with van der Waals surface area (Å²) in [6.07, 6.45) is 12.1. The first-order valence-corrected chi connectivity index (χ1v) is 10.5. The normalized spacial score (nSPS) is 24.8. The maximum absolute atomic E-state index is 14.6. The van der Waals surface area contributed by atoms with Gasteiger partial charge in [-0.2, -0.15) is 0 Å². The van der Waals surface area contributed by atoms with Gasteiger partial charge in [0.05, 0.1) is 5.54 Å². The number of nitrogens with two attached hydrogens (primary N) is 2. The van der Waals surface area contributed by atoms with E-state index in [4.69, 9.17) is 11.5 Å². The Morgan fingerprint density at radius 2 is 2.20 bits per heavy atom. The van der Waals surface area contributed by atoms with E-state index in [-0.39, 0.29) is 17.4 Å². The van der Waals surface area contributed by atoms with E-state index < -0.39 is 5.83 Å². The molecule has 0 amide bonds. The molecule has 0 aromatic rings. The van der Waals surface area contributed by atoms with Gasteiger partial charge in [0.1, 0.15) is 5.82 Å². The Labute approximate surface area is 178 Å². The van der Waals surface area contributed by atoms with E-state index in [0.29, 0.717) is 30.1 Å². The molecule has 0 saturated carbocycles. The molecule has 0 aromatic heterocycles. The minimum Gasteiger partial charge on any atom is -0.399 e. The average Bonchev–Trinajstić information content (AvgIpc) is 2.80. The molecule has 1 aliphatic carbocycles. The molecule has 0 bridgehead atoms. The van der Waals surface area contributed by atoms with Crippen molar-refractivity contribution < 1.29 is 4.39 Å². The number of halogens is 1. The number of hydrogen-bond donors (Lipinski definition) is 4. The van der Waals surface area contributed by atoms with Crippen LogP contribution in [0.25, 0.3) is 0 Å². The van der Waals surface area contributed by atoms with E-state index in [1.165, 1.54) is 11.6 Å². The van der Waals surface area contributed by atoms with Gasteiger partial charge in [-0.25, -0.2) is 9.38 Å². The summed E-state index contributed by atoms with van der Waals surface area (Å²) >= 11 is 0. The molecule has 0 saturated heterocycles. The lowest BCUT2D eigenvalue weighted by molar-refractivity contribution is 0.219. The molecule has 0 spiro atoms. The standard InChI is InChI=1S/C23H33FN6/c1-5-30-13-11-17-6-7-18(10-12-23(17,30)4)28-21-19(16(3)26)8-9-20(24)22(29-21)27-14-15(2)25/h6-7,9,11,13,15,28H,3,5,8,10,12,14,25-26H2,1-2,4H3,(H,27,29)/t15-,23?/m0/s1. The van der Waals surface area contributed by atoms with Crippen LogP contribution in [0.3, 0.4) is 0 Å². The van der Waals surface area contributed by atoms with Gasteiger partial charge in [0.15, 0.2) is 11.7 Å². The fourth-order valence-corrected chi connectivity index (χ4v) is 3.95. The molecule has 1 unspecified atom stereocenters. The summed E-state index contributed by atoms with van der Waals surface area (Å²) in [7, 11) is 0. The van der Waals surface area contributed by atoms with E-state index in [9.17, 15) is 4.39 Å². The molecule has 3 rings (SSSR count). The molecule has 2 heterocycles. The van der Waals surface area contributed by atoms with Crippen LogP contribution in [0.15, 0.2) is 76.3 Å². The monoisotopic (exact) mass is 412 g/mol. The van der Waals surface area contributed by atoms with Crippen LogP contribution < -0.4 is 22.1 Å². The van der Waals surface area contributed by atoms with Crippen LogP contribution in [-0.2, 0) is 0 Å². The Morgan fingerprint density at radius 3 is 2.87 bits per heavy atom. The fourth-order valence-electron chi connectivity index (χ4n) is 3.95. The second-order valence-electron chi connectivity index (χ2n) is 8.24. The number of amidine groups is 1. The largest absolute Gasteiger partial charge is 0.399 e. The molecule has 0 fully saturated rings. The third kappa shape index (κ3) is 4.51. The number of nitrogens with zero attached hydrogens (tertiary/aromatic N) is 2. The van der Waals surface area contributed by atoms with E-state index >= 15 is 0 Å². The van der Waals surface area contributed by atoms with E-state index in [2.05, 4.69) is 65.4 Å². The van der Waals surface area contributed by atoms with Crippen molar-refractivity contribution in [3.63, 3.8) is 0 Å². The van der Waals surface area contributed by atoms with Crippen LogP contribution in [0.2, 0.25) is 0 Å². The van der Waals surface area contributed by atoms with Gasteiger partial charge in [-0.05, 0) is 63.8 Å². The van der Waals surface area contributed by atoms with Crippen molar-refractivity contribution in [2.75, 3.05) is 13.1 Å². The minimum absolute atomic E-state index is 0.0201. The van der Waals surface area contributed by atoms with Crippen molar-refractivity contribution in [2.45, 2.75) is 51.6 Å². The van der Waals surface area contributed by atoms with E-state index in [1.807, 2.05) is 6.92 Å². The lowest BCUT2D eigenvalue weighted by atomic mass is 9.88. The minimum atomic E-state index is -0.422. The Morgan fingerprint density at radius 1 is 1.43 bits per heavy atom. The third-order valence-corrected chi connectivity index (χ3v) is 5.85. The number of aliphatic imine (C=N–C) groups is 1. The number of nitrogens with one attached hydrogen (secondary N) is 2. The molecule has 6 nitrogen and oxygen atoms in total. The average molecular weight is 413 g/mol. The van der Waals surface area contributed by atoms with Crippen LogP contribution in [-0.4, -0.2) is 35.4 Å². The number of likely N-dealkylation sites (N-methyl/N-ethyl adjacent to an activating group) is 1. The van der Waals surface area contributed by atoms with Gasteiger partial charge in [0, 0.05) is 42.3 Å². The molecule has 2 atom stereocenters. The Balaban J connectivity index is 1.87. The molecule has 0 radical (unpaired) electrons. The lowest BCUT2D eigenvalue weighted by Gasteiger charge is -2.36. The van der Waals surface area contributed by atoms with Gasteiger partial charge in [-0.15, -0.1) is 0 Å². The van der Waals surface area contributed by atoms with Gasteiger partial charge < -0.3 is 27.0 Å². The Hall–Kier alpha value is -2.80. The van der Waals surface area contributed by atoms with Crippen LogP contribution in [0.4, 0.5) is 4.39 Å². The van der Waals surface area contributed by atoms with Crippen molar-refractivity contribution in [1.82, 2.24) is 15.5 Å². The Kier molecular flexibility index (Phi) is 6.51. The topological polar surface area (TPSA) is 91.7 Å². The predicted octanol–water partition coefficient (Wildman–Crippen LogP) is 3.06. The van der Waals surface area contributed by atoms with Crippen molar-refractivity contribution in [3.05, 3.63) is 71.3 Å². The van der Waals surface area contributed by atoms with Crippen molar-refractivity contribution in [2.24, 2.45) is 16.5 Å². The summed E-state index contributed by atoms with van der Waals surface area (Å²) in [5, 5.41) is 6.39. The van der Waals surface area contributed by atoms with Crippen molar-refractivity contribution in [1.29, 1.82) is 0 Å². The molecule has 162 valence electrons. The van der Waals surface area contributed by atoms with E-state index in [0.717, 1.165) is 25.1 Å². The fraction of sp³-hybridized carbons (Fsp3) is 0.435. The molecule has 7 heteroatoms. The summed E-state index contributed by atoms with van der Waals surface area (Å²) in [5.74, 6) is 0.250. The predicted molar refractivity (Wildman–Crippen MR) is 122 cm³/mol. The van der Waals surface area contributed by atoms with E-state index in [1.54, 1.807) is 0 Å². The SMILES string of the molecule is C=C(N)C1=C(NC2=CC=C3C=CN(CC)C3(C)CC2)N=C(NC[C@H](C)N)C(F)=CC1. The molecule has 2 aliphatic heterocycles. The second-order valence-corrected chi connectivity index (χ2v) is 8.24. The van der Waals surface area contributed by atoms with Crippen LogP contribution in [0.5, 0.6) is 0 Å². The summed E-state index contributed by atoms with van der Waals surface area (Å²) < 4.78 is 14.6. The second kappa shape index (κ2) is 8.92. The number of hydrogen-bond acceptors (Lipinski definition) is 6. The molecular weight excluding hydrogens is 379 g/mol. The maximum Gasteiger partial charge on any atom is 0.164 e. The third-order valence-electron chi connectivity index (χ3n) is 5.85. The Bertz CT molecular complexity index is 889. The number of rotatable bonds is 6. The summed E-state index contributed by atoms with van der Waals surface area (Å²) in [4.78, 5) is 6.89. The molecular formula is C23H33FN6. The zero-order valence-corrected chi connectivity index (χ0v) is 18.1. The van der Waals surface area contributed by atoms with Gasteiger partial charge in [-0.3, -0.25) is 0 Å².